The maximum absolute atomic E-state index is 12.4. The van der Waals surface area contributed by atoms with Crippen molar-refractivity contribution in [2.24, 2.45) is 0 Å². The van der Waals surface area contributed by atoms with E-state index in [0.717, 1.165) is 41.9 Å². The minimum atomic E-state index is -0.0236. The van der Waals surface area contributed by atoms with Gasteiger partial charge in [-0.25, -0.2) is 4.79 Å². The van der Waals surface area contributed by atoms with E-state index in [0.29, 0.717) is 0 Å². The molecule has 1 saturated heterocycles. The normalized spacial score (nSPS) is 14.7. The van der Waals surface area contributed by atoms with Crippen LogP contribution in [0.25, 0.3) is 0 Å². The Labute approximate surface area is 145 Å². The van der Waals surface area contributed by atoms with Gasteiger partial charge in [0.05, 0.1) is 0 Å². The van der Waals surface area contributed by atoms with Crippen LogP contribution < -0.4 is 10.2 Å². The van der Waals surface area contributed by atoms with E-state index < -0.39 is 0 Å². The molecule has 2 aromatic carbocycles. The van der Waals surface area contributed by atoms with Crippen molar-refractivity contribution in [3.05, 3.63) is 58.6 Å². The lowest BCUT2D eigenvalue weighted by Crippen LogP contribution is -2.50. The number of nitrogens with one attached hydrogen (secondary N) is 1. The number of hydrogen-bond acceptors (Lipinski definition) is 2. The Bertz CT molecular complexity index is 696. The van der Waals surface area contributed by atoms with Crippen LogP contribution in [0.5, 0.6) is 0 Å². The molecular formula is C18H20BrN3O. The smallest absolute Gasteiger partial charge is 0.321 e. The van der Waals surface area contributed by atoms with Crippen LogP contribution >= 0.6 is 15.9 Å². The summed E-state index contributed by atoms with van der Waals surface area (Å²) in [6, 6.07) is 16.1. The zero-order chi connectivity index (χ0) is 16.2. The van der Waals surface area contributed by atoms with Crippen LogP contribution in [-0.2, 0) is 0 Å². The summed E-state index contributed by atoms with van der Waals surface area (Å²) in [5.74, 6) is 0. The maximum Gasteiger partial charge on any atom is 0.321 e. The average Bonchev–Trinajstić information content (AvgIpc) is 2.55. The SMILES string of the molecule is Cc1cccc(NC(=O)N2CCN(c3cccc(Br)c3)CC2)c1. The second-order valence-electron chi connectivity index (χ2n) is 5.75. The van der Waals surface area contributed by atoms with Gasteiger partial charge in [0.1, 0.15) is 0 Å². The second kappa shape index (κ2) is 7.04. The lowest BCUT2D eigenvalue weighted by atomic mass is 10.2. The van der Waals surface area contributed by atoms with Crippen LogP contribution in [-0.4, -0.2) is 37.1 Å². The monoisotopic (exact) mass is 373 g/mol. The predicted molar refractivity (Wildman–Crippen MR) is 98.1 cm³/mol. The molecule has 3 rings (SSSR count). The first kappa shape index (κ1) is 15.9. The molecule has 120 valence electrons. The second-order valence-corrected chi connectivity index (χ2v) is 6.67. The number of rotatable bonds is 2. The number of urea groups is 1. The minimum Gasteiger partial charge on any atom is -0.368 e. The Kier molecular flexibility index (Phi) is 4.86. The summed E-state index contributed by atoms with van der Waals surface area (Å²) in [7, 11) is 0. The zero-order valence-corrected chi connectivity index (χ0v) is 14.7. The van der Waals surface area contributed by atoms with Gasteiger partial charge in [0.15, 0.2) is 0 Å². The molecule has 23 heavy (non-hydrogen) atoms. The molecule has 0 aromatic heterocycles. The number of benzene rings is 2. The number of hydrogen-bond donors (Lipinski definition) is 1. The molecule has 0 radical (unpaired) electrons. The Balaban J connectivity index is 1.57. The molecule has 4 nitrogen and oxygen atoms in total. The van der Waals surface area contributed by atoms with Gasteiger partial charge in [0.25, 0.3) is 0 Å². The van der Waals surface area contributed by atoms with Gasteiger partial charge >= 0.3 is 6.03 Å². The Morgan fingerprint density at radius 1 is 1.04 bits per heavy atom. The number of nitrogens with zero attached hydrogens (tertiary/aromatic N) is 2. The van der Waals surface area contributed by atoms with E-state index in [1.807, 2.05) is 48.2 Å². The van der Waals surface area contributed by atoms with Gasteiger partial charge in [-0.3, -0.25) is 0 Å². The van der Waals surface area contributed by atoms with Gasteiger partial charge in [-0.1, -0.05) is 34.1 Å². The molecule has 2 aromatic rings. The first-order valence-electron chi connectivity index (χ1n) is 7.75. The summed E-state index contributed by atoms with van der Waals surface area (Å²) in [4.78, 5) is 16.5. The highest BCUT2D eigenvalue weighted by Crippen LogP contribution is 2.21. The molecule has 0 unspecified atom stereocenters. The van der Waals surface area contributed by atoms with Crippen molar-refractivity contribution < 1.29 is 4.79 Å². The lowest BCUT2D eigenvalue weighted by Gasteiger charge is -2.36. The Morgan fingerprint density at radius 2 is 1.78 bits per heavy atom. The quantitative estimate of drug-likeness (QED) is 0.859. The first-order valence-corrected chi connectivity index (χ1v) is 8.54. The van der Waals surface area contributed by atoms with Gasteiger partial charge < -0.3 is 15.1 Å². The van der Waals surface area contributed by atoms with E-state index in [2.05, 4.69) is 38.3 Å². The van der Waals surface area contributed by atoms with Crippen molar-refractivity contribution in [1.82, 2.24) is 4.90 Å². The molecule has 1 heterocycles. The van der Waals surface area contributed by atoms with Gasteiger partial charge in [-0.2, -0.15) is 0 Å². The molecule has 5 heteroatoms. The molecule has 1 aliphatic rings. The number of piperazine rings is 1. The molecule has 0 spiro atoms. The number of amides is 2. The number of carbonyl (C=O) groups is 1. The maximum atomic E-state index is 12.4. The molecular weight excluding hydrogens is 354 g/mol. The fraction of sp³-hybridized carbons (Fsp3) is 0.278. The summed E-state index contributed by atoms with van der Waals surface area (Å²) in [5, 5.41) is 2.98. The number of carbonyl (C=O) groups excluding carboxylic acids is 1. The zero-order valence-electron chi connectivity index (χ0n) is 13.1. The standard InChI is InChI=1S/C18H20BrN3O/c1-14-4-2-6-16(12-14)20-18(23)22-10-8-21(9-11-22)17-7-3-5-15(19)13-17/h2-7,12-13H,8-11H2,1H3,(H,20,23). The minimum absolute atomic E-state index is 0.0236. The van der Waals surface area contributed by atoms with Crippen LogP contribution in [0, 0.1) is 6.92 Å². The summed E-state index contributed by atoms with van der Waals surface area (Å²) in [6.07, 6.45) is 0. The van der Waals surface area contributed by atoms with E-state index in [1.54, 1.807) is 0 Å². The third-order valence-corrected chi connectivity index (χ3v) is 4.50. The highest BCUT2D eigenvalue weighted by atomic mass is 79.9. The third-order valence-electron chi connectivity index (χ3n) is 4.01. The van der Waals surface area contributed by atoms with Crippen molar-refractivity contribution >= 4 is 33.3 Å². The fourth-order valence-corrected chi connectivity index (χ4v) is 3.15. The van der Waals surface area contributed by atoms with Gasteiger partial charge in [0.2, 0.25) is 0 Å². The van der Waals surface area contributed by atoms with Crippen LogP contribution in [0.15, 0.2) is 53.0 Å². The molecule has 0 atom stereocenters. The van der Waals surface area contributed by atoms with Crippen molar-refractivity contribution in [1.29, 1.82) is 0 Å². The van der Waals surface area contributed by atoms with E-state index in [4.69, 9.17) is 0 Å². The first-order chi connectivity index (χ1) is 11.1. The molecule has 2 amide bonds. The van der Waals surface area contributed by atoms with Crippen molar-refractivity contribution in [2.75, 3.05) is 36.4 Å². The highest BCUT2D eigenvalue weighted by Gasteiger charge is 2.21. The van der Waals surface area contributed by atoms with E-state index in [9.17, 15) is 4.79 Å². The van der Waals surface area contributed by atoms with E-state index in [-0.39, 0.29) is 6.03 Å². The topological polar surface area (TPSA) is 35.6 Å². The largest absolute Gasteiger partial charge is 0.368 e. The van der Waals surface area contributed by atoms with Crippen molar-refractivity contribution in [3.8, 4) is 0 Å². The lowest BCUT2D eigenvalue weighted by molar-refractivity contribution is 0.208. The molecule has 1 N–H and O–H groups in total. The molecule has 0 aliphatic carbocycles. The van der Waals surface area contributed by atoms with Gasteiger partial charge in [-0.15, -0.1) is 0 Å². The molecule has 1 fully saturated rings. The fourth-order valence-electron chi connectivity index (χ4n) is 2.77. The summed E-state index contributed by atoms with van der Waals surface area (Å²) in [5.41, 5.74) is 3.19. The molecule has 1 aliphatic heterocycles. The average molecular weight is 374 g/mol. The van der Waals surface area contributed by atoms with Crippen molar-refractivity contribution in [2.45, 2.75) is 6.92 Å². The van der Waals surface area contributed by atoms with Gasteiger partial charge in [0, 0.05) is 42.0 Å². The number of halogens is 1. The molecule has 0 saturated carbocycles. The Hall–Kier alpha value is -2.01. The van der Waals surface area contributed by atoms with E-state index >= 15 is 0 Å². The summed E-state index contributed by atoms with van der Waals surface area (Å²) < 4.78 is 1.08. The van der Waals surface area contributed by atoms with Crippen LogP contribution in [0.4, 0.5) is 16.2 Å². The number of aryl methyl sites for hydroxylation is 1. The predicted octanol–water partition coefficient (Wildman–Crippen LogP) is 4.11. The summed E-state index contributed by atoms with van der Waals surface area (Å²) >= 11 is 3.51. The number of anilines is 2. The molecule has 0 bridgehead atoms. The van der Waals surface area contributed by atoms with Crippen LogP contribution in [0.1, 0.15) is 5.56 Å². The Morgan fingerprint density at radius 3 is 2.48 bits per heavy atom. The van der Waals surface area contributed by atoms with Crippen molar-refractivity contribution in [3.63, 3.8) is 0 Å². The highest BCUT2D eigenvalue weighted by molar-refractivity contribution is 9.10. The van der Waals surface area contributed by atoms with Crippen LogP contribution in [0.3, 0.4) is 0 Å². The third kappa shape index (κ3) is 4.05. The van der Waals surface area contributed by atoms with Crippen LogP contribution in [0.2, 0.25) is 0 Å². The van der Waals surface area contributed by atoms with Gasteiger partial charge in [-0.05, 0) is 42.8 Å². The van der Waals surface area contributed by atoms with E-state index in [1.165, 1.54) is 5.69 Å². The summed E-state index contributed by atoms with van der Waals surface area (Å²) in [6.45, 7) is 5.16.